The van der Waals surface area contributed by atoms with Gasteiger partial charge in [-0.3, -0.25) is 14.6 Å². The molecular formula is C18H23N3O. The molecule has 116 valence electrons. The van der Waals surface area contributed by atoms with Gasteiger partial charge in [0.1, 0.15) is 6.67 Å². The Kier molecular flexibility index (Phi) is 3.35. The van der Waals surface area contributed by atoms with Crippen LogP contribution in [-0.2, 0) is 11.3 Å². The molecule has 2 aliphatic rings. The van der Waals surface area contributed by atoms with Crippen LogP contribution in [0.2, 0.25) is 0 Å². The lowest BCUT2D eigenvalue weighted by Crippen LogP contribution is -2.56. The lowest BCUT2D eigenvalue weighted by molar-refractivity contribution is -0.125. The van der Waals surface area contributed by atoms with E-state index in [0.717, 1.165) is 17.2 Å². The SMILES string of the molecule is CC1=C(C)N2CN=C2N(Cc2cc(C)c(C)c(C)c2C)C1=O. The standard InChI is InChI=1S/C18H23N3O/c1-10-7-16(13(4)12(3)11(10)2)8-20-17(22)14(5)15(6)21-9-19-18(20)21/h7H,8-9H2,1-6H3. The minimum absolute atomic E-state index is 0.0717. The molecule has 0 unspecified atom stereocenters. The zero-order valence-corrected chi connectivity index (χ0v) is 14.2. The van der Waals surface area contributed by atoms with Crippen molar-refractivity contribution in [2.75, 3.05) is 6.67 Å². The summed E-state index contributed by atoms with van der Waals surface area (Å²) in [4.78, 5) is 21.0. The molecular weight excluding hydrogens is 274 g/mol. The summed E-state index contributed by atoms with van der Waals surface area (Å²) in [5, 5.41) is 0. The molecule has 1 aromatic carbocycles. The number of hydrogen-bond acceptors (Lipinski definition) is 3. The maximum atomic E-state index is 12.6. The van der Waals surface area contributed by atoms with Crippen LogP contribution in [0.5, 0.6) is 0 Å². The van der Waals surface area contributed by atoms with E-state index in [-0.39, 0.29) is 5.91 Å². The molecule has 0 spiro atoms. The van der Waals surface area contributed by atoms with E-state index in [2.05, 4.69) is 43.7 Å². The third kappa shape index (κ3) is 1.97. The molecule has 1 amide bonds. The number of fused-ring (bicyclic) bond motifs is 1. The maximum absolute atomic E-state index is 12.6. The Morgan fingerprint density at radius 1 is 1.05 bits per heavy atom. The van der Waals surface area contributed by atoms with Crippen molar-refractivity contribution in [1.29, 1.82) is 0 Å². The Morgan fingerprint density at radius 3 is 2.32 bits per heavy atom. The molecule has 0 atom stereocenters. The first-order valence-electron chi connectivity index (χ1n) is 7.70. The number of benzene rings is 1. The van der Waals surface area contributed by atoms with E-state index < -0.39 is 0 Å². The fourth-order valence-corrected chi connectivity index (χ4v) is 3.12. The molecule has 0 aromatic heterocycles. The monoisotopic (exact) mass is 297 g/mol. The Hall–Kier alpha value is -2.10. The van der Waals surface area contributed by atoms with Gasteiger partial charge in [-0.1, -0.05) is 6.07 Å². The van der Waals surface area contributed by atoms with Gasteiger partial charge in [0, 0.05) is 11.3 Å². The number of aliphatic imine (C=N–C) groups is 1. The summed E-state index contributed by atoms with van der Waals surface area (Å²) in [6.45, 7) is 13.7. The third-order valence-electron chi connectivity index (χ3n) is 5.27. The third-order valence-corrected chi connectivity index (χ3v) is 5.27. The summed E-state index contributed by atoms with van der Waals surface area (Å²) >= 11 is 0. The number of allylic oxidation sites excluding steroid dienone is 1. The number of rotatable bonds is 2. The van der Waals surface area contributed by atoms with Crippen LogP contribution in [0.4, 0.5) is 0 Å². The molecule has 4 heteroatoms. The highest BCUT2D eigenvalue weighted by Gasteiger charge is 2.37. The predicted octanol–water partition coefficient (Wildman–Crippen LogP) is 3.19. The lowest BCUT2D eigenvalue weighted by Gasteiger charge is -2.43. The van der Waals surface area contributed by atoms with Crippen molar-refractivity contribution in [3.05, 3.63) is 45.2 Å². The molecule has 2 aliphatic heterocycles. The Labute approximate surface area is 132 Å². The van der Waals surface area contributed by atoms with E-state index in [9.17, 15) is 4.79 Å². The quantitative estimate of drug-likeness (QED) is 0.840. The van der Waals surface area contributed by atoms with Crippen molar-refractivity contribution in [1.82, 2.24) is 9.80 Å². The van der Waals surface area contributed by atoms with Crippen molar-refractivity contribution in [3.63, 3.8) is 0 Å². The molecule has 0 radical (unpaired) electrons. The Morgan fingerprint density at radius 2 is 1.73 bits per heavy atom. The van der Waals surface area contributed by atoms with Crippen LogP contribution in [0.3, 0.4) is 0 Å². The van der Waals surface area contributed by atoms with Gasteiger partial charge in [0.25, 0.3) is 5.91 Å². The van der Waals surface area contributed by atoms with Gasteiger partial charge in [0.05, 0.1) is 6.54 Å². The Balaban J connectivity index is 1.99. The summed E-state index contributed by atoms with van der Waals surface area (Å²) in [6, 6.07) is 2.20. The molecule has 2 heterocycles. The number of carbonyl (C=O) groups excluding carboxylic acids is 1. The molecule has 0 bridgehead atoms. The predicted molar refractivity (Wildman–Crippen MR) is 88.5 cm³/mol. The second kappa shape index (κ2) is 4.97. The van der Waals surface area contributed by atoms with Crippen molar-refractivity contribution >= 4 is 11.9 Å². The van der Waals surface area contributed by atoms with Crippen LogP contribution >= 0.6 is 0 Å². The van der Waals surface area contributed by atoms with Crippen molar-refractivity contribution < 1.29 is 4.79 Å². The van der Waals surface area contributed by atoms with E-state index in [1.807, 2.05) is 18.7 Å². The summed E-state index contributed by atoms with van der Waals surface area (Å²) in [6.07, 6.45) is 0. The largest absolute Gasteiger partial charge is 0.295 e. The number of carbonyl (C=O) groups is 1. The van der Waals surface area contributed by atoms with E-state index in [0.29, 0.717) is 13.2 Å². The summed E-state index contributed by atoms with van der Waals surface area (Å²) in [5.74, 6) is 0.867. The normalized spacial score (nSPS) is 17.5. The van der Waals surface area contributed by atoms with Crippen LogP contribution in [0.1, 0.15) is 41.7 Å². The van der Waals surface area contributed by atoms with Gasteiger partial charge < -0.3 is 0 Å². The fraction of sp³-hybridized carbons (Fsp3) is 0.444. The first-order valence-corrected chi connectivity index (χ1v) is 7.70. The fourth-order valence-electron chi connectivity index (χ4n) is 3.12. The van der Waals surface area contributed by atoms with E-state index >= 15 is 0 Å². The summed E-state index contributed by atoms with van der Waals surface area (Å²) < 4.78 is 0. The Bertz CT molecular complexity index is 743. The van der Waals surface area contributed by atoms with Crippen molar-refractivity contribution in [3.8, 4) is 0 Å². The van der Waals surface area contributed by atoms with E-state index in [4.69, 9.17) is 0 Å². The molecule has 0 aliphatic carbocycles. The molecule has 1 aromatic rings. The molecule has 0 fully saturated rings. The highest BCUT2D eigenvalue weighted by atomic mass is 16.2. The van der Waals surface area contributed by atoms with Crippen molar-refractivity contribution in [2.24, 2.45) is 4.99 Å². The second-order valence-corrected chi connectivity index (χ2v) is 6.36. The van der Waals surface area contributed by atoms with Gasteiger partial charge >= 0.3 is 0 Å². The molecule has 3 rings (SSSR count). The van der Waals surface area contributed by atoms with Crippen LogP contribution in [0, 0.1) is 27.7 Å². The van der Waals surface area contributed by atoms with Gasteiger partial charge in [-0.15, -0.1) is 0 Å². The van der Waals surface area contributed by atoms with Crippen molar-refractivity contribution in [2.45, 2.75) is 48.1 Å². The highest BCUT2D eigenvalue weighted by Crippen LogP contribution is 2.29. The van der Waals surface area contributed by atoms with E-state index in [1.165, 1.54) is 27.8 Å². The van der Waals surface area contributed by atoms with Crippen LogP contribution in [0.15, 0.2) is 22.3 Å². The minimum atomic E-state index is 0.0717. The topological polar surface area (TPSA) is 35.9 Å². The first-order chi connectivity index (χ1) is 10.3. The average molecular weight is 297 g/mol. The average Bonchev–Trinajstić information content (AvgIpc) is 2.45. The summed E-state index contributed by atoms with van der Waals surface area (Å²) in [5.41, 5.74) is 8.24. The molecule has 0 saturated heterocycles. The molecule has 0 N–H and O–H groups in total. The number of guanidine groups is 1. The maximum Gasteiger partial charge on any atom is 0.258 e. The number of hydrogen-bond donors (Lipinski definition) is 0. The smallest absolute Gasteiger partial charge is 0.258 e. The molecule has 0 saturated carbocycles. The summed E-state index contributed by atoms with van der Waals surface area (Å²) in [7, 11) is 0. The van der Waals surface area contributed by atoms with Gasteiger partial charge in [0.15, 0.2) is 0 Å². The van der Waals surface area contributed by atoms with Gasteiger partial charge in [-0.25, -0.2) is 4.99 Å². The highest BCUT2D eigenvalue weighted by molar-refractivity contribution is 6.09. The van der Waals surface area contributed by atoms with E-state index in [1.54, 1.807) is 0 Å². The van der Waals surface area contributed by atoms with Gasteiger partial charge in [-0.05, 0) is 69.4 Å². The molecule has 4 nitrogen and oxygen atoms in total. The van der Waals surface area contributed by atoms with Crippen LogP contribution < -0.4 is 0 Å². The first kappa shape index (κ1) is 14.8. The number of nitrogens with zero attached hydrogens (tertiary/aromatic N) is 3. The zero-order chi connectivity index (χ0) is 16.2. The number of amides is 1. The van der Waals surface area contributed by atoms with Gasteiger partial charge in [-0.2, -0.15) is 0 Å². The van der Waals surface area contributed by atoms with Crippen LogP contribution in [0.25, 0.3) is 0 Å². The zero-order valence-electron chi connectivity index (χ0n) is 14.2. The minimum Gasteiger partial charge on any atom is -0.295 e. The van der Waals surface area contributed by atoms with Crippen LogP contribution in [-0.4, -0.2) is 28.3 Å². The number of aryl methyl sites for hydroxylation is 1. The lowest BCUT2D eigenvalue weighted by atomic mass is 9.94. The molecule has 22 heavy (non-hydrogen) atoms. The van der Waals surface area contributed by atoms with Gasteiger partial charge in [0.2, 0.25) is 5.96 Å². The second-order valence-electron chi connectivity index (χ2n) is 6.36.